The third-order valence-corrected chi connectivity index (χ3v) is 3.05. The van der Waals surface area contributed by atoms with Crippen molar-refractivity contribution < 1.29 is 14.3 Å². The van der Waals surface area contributed by atoms with Crippen molar-refractivity contribution in [2.75, 3.05) is 6.61 Å². The van der Waals surface area contributed by atoms with Crippen molar-refractivity contribution in [2.45, 2.75) is 26.8 Å². The molecular formula is C14H18ClNO3. The summed E-state index contributed by atoms with van der Waals surface area (Å²) in [4.78, 5) is 23.2. The maximum absolute atomic E-state index is 11.6. The average molecular weight is 284 g/mol. The molecule has 0 spiro atoms. The van der Waals surface area contributed by atoms with Gasteiger partial charge in [0.25, 0.3) is 5.91 Å². The molecule has 1 rings (SSSR count). The lowest BCUT2D eigenvalue weighted by Crippen LogP contribution is -2.38. The minimum absolute atomic E-state index is 0.0433. The van der Waals surface area contributed by atoms with E-state index in [-0.39, 0.29) is 18.6 Å². The molecule has 1 N–H and O–H groups in total. The Morgan fingerprint density at radius 1 is 1.21 bits per heavy atom. The zero-order chi connectivity index (χ0) is 14.4. The number of rotatable bonds is 5. The van der Waals surface area contributed by atoms with Crippen molar-refractivity contribution in [3.63, 3.8) is 0 Å². The predicted molar refractivity (Wildman–Crippen MR) is 74.2 cm³/mol. The molecule has 4 nitrogen and oxygen atoms in total. The standard InChI is InChI=1S/C14H18ClNO3/c1-9(2)10(3)16-13(17)8-19-14(18)11-4-6-12(15)7-5-11/h4-7,9-10H,8H2,1-3H3,(H,16,17)/t10-/m0/s1. The third-order valence-electron chi connectivity index (χ3n) is 2.80. The first-order valence-corrected chi connectivity index (χ1v) is 6.50. The molecule has 0 unspecified atom stereocenters. The summed E-state index contributed by atoms with van der Waals surface area (Å²) < 4.78 is 4.92. The second-order valence-electron chi connectivity index (χ2n) is 4.68. The first kappa shape index (κ1) is 15.5. The van der Waals surface area contributed by atoms with Gasteiger partial charge in [-0.15, -0.1) is 0 Å². The fourth-order valence-electron chi connectivity index (χ4n) is 1.26. The number of ether oxygens (including phenoxy) is 1. The van der Waals surface area contributed by atoms with Gasteiger partial charge in [0.2, 0.25) is 0 Å². The Morgan fingerprint density at radius 2 is 1.79 bits per heavy atom. The normalized spacial score (nSPS) is 12.1. The Balaban J connectivity index is 2.42. The number of nitrogens with one attached hydrogen (secondary N) is 1. The van der Waals surface area contributed by atoms with Crippen LogP contribution in [0.4, 0.5) is 0 Å². The van der Waals surface area contributed by atoms with Crippen molar-refractivity contribution in [3.8, 4) is 0 Å². The first-order chi connectivity index (χ1) is 8.90. The summed E-state index contributed by atoms with van der Waals surface area (Å²) >= 11 is 5.71. The van der Waals surface area contributed by atoms with Crippen LogP contribution >= 0.6 is 11.6 Å². The van der Waals surface area contributed by atoms with E-state index in [2.05, 4.69) is 5.32 Å². The van der Waals surface area contributed by atoms with Crippen LogP contribution < -0.4 is 5.32 Å². The zero-order valence-electron chi connectivity index (χ0n) is 11.3. The van der Waals surface area contributed by atoms with E-state index in [1.54, 1.807) is 24.3 Å². The SMILES string of the molecule is CC(C)[C@H](C)NC(=O)COC(=O)c1ccc(Cl)cc1. The smallest absolute Gasteiger partial charge is 0.338 e. The monoisotopic (exact) mass is 283 g/mol. The molecule has 1 atom stereocenters. The average Bonchev–Trinajstić information content (AvgIpc) is 2.36. The number of benzene rings is 1. The first-order valence-electron chi connectivity index (χ1n) is 6.12. The van der Waals surface area contributed by atoms with Crippen LogP contribution in [0, 0.1) is 5.92 Å². The molecule has 0 saturated carbocycles. The molecule has 0 heterocycles. The number of amides is 1. The fourth-order valence-corrected chi connectivity index (χ4v) is 1.39. The maximum Gasteiger partial charge on any atom is 0.338 e. The second kappa shape index (κ2) is 7.14. The number of halogens is 1. The number of esters is 1. The van der Waals surface area contributed by atoms with Crippen molar-refractivity contribution in [1.82, 2.24) is 5.32 Å². The van der Waals surface area contributed by atoms with Crippen LogP contribution in [0.15, 0.2) is 24.3 Å². The predicted octanol–water partition coefficient (Wildman–Crippen LogP) is 2.66. The maximum atomic E-state index is 11.6. The van der Waals surface area contributed by atoms with Crippen molar-refractivity contribution in [3.05, 3.63) is 34.9 Å². The van der Waals surface area contributed by atoms with E-state index in [1.165, 1.54) is 0 Å². The van der Waals surface area contributed by atoms with Gasteiger partial charge in [0, 0.05) is 11.1 Å². The molecule has 1 aromatic carbocycles. The third kappa shape index (κ3) is 5.30. The van der Waals surface area contributed by atoms with Gasteiger partial charge in [-0.05, 0) is 37.1 Å². The van der Waals surface area contributed by atoms with Crippen LogP contribution in [0.1, 0.15) is 31.1 Å². The van der Waals surface area contributed by atoms with Gasteiger partial charge in [-0.1, -0.05) is 25.4 Å². The van der Waals surface area contributed by atoms with Gasteiger partial charge in [-0.3, -0.25) is 4.79 Å². The molecule has 1 amide bonds. The fraction of sp³-hybridized carbons (Fsp3) is 0.429. The number of hydrogen-bond acceptors (Lipinski definition) is 3. The van der Waals surface area contributed by atoms with Crippen molar-refractivity contribution in [1.29, 1.82) is 0 Å². The van der Waals surface area contributed by atoms with Gasteiger partial charge in [0.05, 0.1) is 5.56 Å². The lowest BCUT2D eigenvalue weighted by molar-refractivity contribution is -0.125. The molecule has 0 bridgehead atoms. The number of hydrogen-bond donors (Lipinski definition) is 1. The molecule has 5 heteroatoms. The highest BCUT2D eigenvalue weighted by atomic mass is 35.5. The number of carbonyl (C=O) groups excluding carboxylic acids is 2. The zero-order valence-corrected chi connectivity index (χ0v) is 12.0. The Bertz CT molecular complexity index is 443. The Labute approximate surface area is 118 Å². The summed E-state index contributed by atoms with van der Waals surface area (Å²) in [7, 11) is 0. The quantitative estimate of drug-likeness (QED) is 0.845. The van der Waals surface area contributed by atoms with E-state index in [0.29, 0.717) is 16.5 Å². The van der Waals surface area contributed by atoms with Crippen molar-refractivity contribution in [2.24, 2.45) is 5.92 Å². The van der Waals surface area contributed by atoms with E-state index < -0.39 is 5.97 Å². The Hall–Kier alpha value is -1.55. The molecule has 0 fully saturated rings. The van der Waals surface area contributed by atoms with Crippen LogP contribution in [0.3, 0.4) is 0 Å². The van der Waals surface area contributed by atoms with Gasteiger partial charge in [-0.2, -0.15) is 0 Å². The highest BCUT2D eigenvalue weighted by molar-refractivity contribution is 6.30. The lowest BCUT2D eigenvalue weighted by atomic mass is 10.1. The van der Waals surface area contributed by atoms with E-state index in [1.807, 2.05) is 20.8 Å². The van der Waals surface area contributed by atoms with Crippen LogP contribution in [0.25, 0.3) is 0 Å². The molecule has 0 aromatic heterocycles. The Morgan fingerprint density at radius 3 is 2.32 bits per heavy atom. The summed E-state index contributed by atoms with van der Waals surface area (Å²) in [6, 6.07) is 6.35. The van der Waals surface area contributed by atoms with E-state index >= 15 is 0 Å². The number of carbonyl (C=O) groups is 2. The highest BCUT2D eigenvalue weighted by Gasteiger charge is 2.13. The molecule has 0 aliphatic carbocycles. The minimum Gasteiger partial charge on any atom is -0.452 e. The van der Waals surface area contributed by atoms with E-state index in [9.17, 15) is 9.59 Å². The lowest BCUT2D eigenvalue weighted by Gasteiger charge is -2.17. The van der Waals surface area contributed by atoms with Crippen LogP contribution in [-0.2, 0) is 9.53 Å². The largest absolute Gasteiger partial charge is 0.452 e. The summed E-state index contributed by atoms with van der Waals surface area (Å²) in [5.41, 5.74) is 0.370. The van der Waals surface area contributed by atoms with Crippen LogP contribution in [-0.4, -0.2) is 24.5 Å². The van der Waals surface area contributed by atoms with E-state index in [0.717, 1.165) is 0 Å². The summed E-state index contributed by atoms with van der Waals surface area (Å²) in [5, 5.41) is 3.30. The molecule has 19 heavy (non-hydrogen) atoms. The highest BCUT2D eigenvalue weighted by Crippen LogP contribution is 2.10. The van der Waals surface area contributed by atoms with Crippen molar-refractivity contribution >= 4 is 23.5 Å². The molecular weight excluding hydrogens is 266 g/mol. The van der Waals surface area contributed by atoms with E-state index in [4.69, 9.17) is 16.3 Å². The summed E-state index contributed by atoms with van der Waals surface area (Å²) in [6.45, 7) is 5.64. The second-order valence-corrected chi connectivity index (χ2v) is 5.12. The summed E-state index contributed by atoms with van der Waals surface area (Å²) in [5.74, 6) is -0.511. The van der Waals surface area contributed by atoms with Gasteiger partial charge in [0.15, 0.2) is 6.61 Å². The van der Waals surface area contributed by atoms with Gasteiger partial charge < -0.3 is 10.1 Å². The van der Waals surface area contributed by atoms with Gasteiger partial charge >= 0.3 is 5.97 Å². The molecule has 1 aromatic rings. The van der Waals surface area contributed by atoms with Crippen LogP contribution in [0.5, 0.6) is 0 Å². The molecule has 0 radical (unpaired) electrons. The topological polar surface area (TPSA) is 55.4 Å². The molecule has 0 aliphatic rings. The van der Waals surface area contributed by atoms with Gasteiger partial charge in [-0.25, -0.2) is 4.79 Å². The van der Waals surface area contributed by atoms with Gasteiger partial charge in [0.1, 0.15) is 0 Å². The molecule has 0 aliphatic heterocycles. The minimum atomic E-state index is -0.538. The Kier molecular flexibility index (Phi) is 5.83. The summed E-state index contributed by atoms with van der Waals surface area (Å²) in [6.07, 6.45) is 0. The van der Waals surface area contributed by atoms with Crippen LogP contribution in [0.2, 0.25) is 5.02 Å². The molecule has 104 valence electrons. The molecule has 0 saturated heterocycles.